The number of aromatic amines is 1. The summed E-state index contributed by atoms with van der Waals surface area (Å²) in [7, 11) is 0. The van der Waals surface area contributed by atoms with Gasteiger partial charge < -0.3 is 10.2 Å². The van der Waals surface area contributed by atoms with E-state index < -0.39 is 0 Å². The van der Waals surface area contributed by atoms with Gasteiger partial charge in [-0.3, -0.25) is 9.89 Å². The predicted octanol–water partition coefficient (Wildman–Crippen LogP) is 2.71. The van der Waals surface area contributed by atoms with Crippen molar-refractivity contribution in [3.05, 3.63) is 23.5 Å². The van der Waals surface area contributed by atoms with Crippen LogP contribution in [0.15, 0.2) is 12.3 Å². The van der Waals surface area contributed by atoms with E-state index in [1.807, 2.05) is 17.9 Å². The maximum absolute atomic E-state index is 12.9. The van der Waals surface area contributed by atoms with E-state index in [0.717, 1.165) is 50.0 Å². The number of rotatable bonds is 4. The number of pyridine rings is 1. The Morgan fingerprint density at radius 1 is 1.33 bits per heavy atom. The molecule has 2 aromatic heterocycles. The maximum atomic E-state index is 12.9. The molecule has 8 heteroatoms. The molecule has 1 fully saturated rings. The lowest BCUT2D eigenvalue weighted by atomic mass is 10.0. The van der Waals surface area contributed by atoms with Crippen molar-refractivity contribution < 1.29 is 4.79 Å². The number of aromatic nitrogens is 3. The number of nitrogens with one attached hydrogen (secondary N) is 2. The summed E-state index contributed by atoms with van der Waals surface area (Å²) in [6, 6.07) is 2.24. The van der Waals surface area contributed by atoms with Gasteiger partial charge in [-0.2, -0.15) is 5.10 Å². The third-order valence-electron chi connectivity index (χ3n) is 4.32. The summed E-state index contributed by atoms with van der Waals surface area (Å²) in [4.78, 5) is 19.3. The van der Waals surface area contributed by atoms with Crippen molar-refractivity contribution in [3.8, 4) is 0 Å². The predicted molar refractivity (Wildman–Crippen MR) is 100 cm³/mol. The third-order valence-corrected chi connectivity index (χ3v) is 4.32. The van der Waals surface area contributed by atoms with Crippen LogP contribution in [-0.4, -0.2) is 51.7 Å². The Kier molecular flexibility index (Phi) is 7.93. The van der Waals surface area contributed by atoms with Gasteiger partial charge in [0, 0.05) is 29.9 Å². The highest BCUT2D eigenvalue weighted by Crippen LogP contribution is 2.19. The molecule has 0 aromatic carbocycles. The first kappa shape index (κ1) is 20.7. The molecule has 3 rings (SSSR count). The lowest BCUT2D eigenvalue weighted by molar-refractivity contribution is 0.0642. The summed E-state index contributed by atoms with van der Waals surface area (Å²) in [6.07, 6.45) is 4.66. The fourth-order valence-corrected chi connectivity index (χ4v) is 3.11. The van der Waals surface area contributed by atoms with Gasteiger partial charge >= 0.3 is 0 Å². The van der Waals surface area contributed by atoms with Gasteiger partial charge in [0.1, 0.15) is 0 Å². The topological polar surface area (TPSA) is 73.9 Å². The minimum Gasteiger partial charge on any atom is -0.336 e. The second-order valence-electron chi connectivity index (χ2n) is 5.92. The molecule has 0 unspecified atom stereocenters. The Bertz CT molecular complexity index is 670. The van der Waals surface area contributed by atoms with Crippen molar-refractivity contribution in [1.82, 2.24) is 25.4 Å². The second kappa shape index (κ2) is 9.20. The Morgan fingerprint density at radius 2 is 2.04 bits per heavy atom. The van der Waals surface area contributed by atoms with E-state index in [2.05, 4.69) is 27.4 Å². The molecular formula is C16H25Cl2N5O. The van der Waals surface area contributed by atoms with E-state index in [1.54, 1.807) is 6.20 Å². The number of piperidine rings is 1. The summed E-state index contributed by atoms with van der Waals surface area (Å²) in [5, 5.41) is 11.3. The molecule has 0 saturated carbocycles. The molecule has 1 amide bonds. The lowest BCUT2D eigenvalue weighted by Gasteiger charge is -2.34. The van der Waals surface area contributed by atoms with E-state index in [4.69, 9.17) is 0 Å². The highest BCUT2D eigenvalue weighted by Gasteiger charge is 2.26. The molecule has 2 N–H and O–H groups in total. The summed E-state index contributed by atoms with van der Waals surface area (Å²) in [6.45, 7) is 6.82. The average molecular weight is 374 g/mol. The van der Waals surface area contributed by atoms with Gasteiger partial charge in [-0.05, 0) is 45.3 Å². The van der Waals surface area contributed by atoms with Crippen molar-refractivity contribution in [2.75, 3.05) is 19.6 Å². The van der Waals surface area contributed by atoms with Crippen LogP contribution >= 0.6 is 24.8 Å². The molecule has 3 heterocycles. The fraction of sp³-hybridized carbons (Fsp3) is 0.562. The number of halogens is 2. The zero-order valence-electron chi connectivity index (χ0n) is 14.0. The summed E-state index contributed by atoms with van der Waals surface area (Å²) >= 11 is 0. The number of aryl methyl sites for hydroxylation is 1. The van der Waals surface area contributed by atoms with Crippen molar-refractivity contribution in [3.63, 3.8) is 0 Å². The van der Waals surface area contributed by atoms with Gasteiger partial charge in [-0.1, -0.05) is 6.92 Å². The molecule has 0 radical (unpaired) electrons. The van der Waals surface area contributed by atoms with Crippen LogP contribution < -0.4 is 5.32 Å². The van der Waals surface area contributed by atoms with Crippen LogP contribution in [0.25, 0.3) is 11.0 Å². The van der Waals surface area contributed by atoms with Crippen molar-refractivity contribution in [2.24, 2.45) is 0 Å². The first-order valence-corrected chi connectivity index (χ1v) is 8.03. The first-order chi connectivity index (χ1) is 10.7. The molecule has 0 bridgehead atoms. The number of nitrogens with zero attached hydrogens (tertiary/aromatic N) is 3. The second-order valence-corrected chi connectivity index (χ2v) is 5.92. The monoisotopic (exact) mass is 373 g/mol. The van der Waals surface area contributed by atoms with E-state index in [9.17, 15) is 4.79 Å². The Balaban J connectivity index is 0.00000144. The molecule has 0 atom stereocenters. The number of carbonyl (C=O) groups is 1. The van der Waals surface area contributed by atoms with E-state index >= 15 is 0 Å². The minimum atomic E-state index is 0. The molecule has 134 valence electrons. The van der Waals surface area contributed by atoms with Gasteiger partial charge in [0.15, 0.2) is 5.65 Å². The van der Waals surface area contributed by atoms with E-state index in [-0.39, 0.29) is 30.7 Å². The summed E-state index contributed by atoms with van der Waals surface area (Å²) in [5.74, 6) is 0.0868. The Hall–Kier alpha value is -1.37. The zero-order valence-corrected chi connectivity index (χ0v) is 15.7. The van der Waals surface area contributed by atoms with Crippen LogP contribution in [0.2, 0.25) is 0 Å². The highest BCUT2D eigenvalue weighted by atomic mass is 35.5. The SMILES string of the molecule is CCCN(C(=O)c1cnc2n[nH]c(C)c2c1)C1CCNCC1.Cl.Cl. The number of H-pyrrole nitrogens is 1. The highest BCUT2D eigenvalue weighted by molar-refractivity contribution is 5.97. The largest absolute Gasteiger partial charge is 0.336 e. The van der Waals surface area contributed by atoms with Crippen LogP contribution in [0, 0.1) is 6.92 Å². The quantitative estimate of drug-likeness (QED) is 0.863. The van der Waals surface area contributed by atoms with Gasteiger partial charge in [-0.25, -0.2) is 4.98 Å². The molecule has 1 aliphatic rings. The average Bonchev–Trinajstić information content (AvgIpc) is 2.93. The van der Waals surface area contributed by atoms with Crippen molar-refractivity contribution >= 4 is 41.8 Å². The molecule has 24 heavy (non-hydrogen) atoms. The van der Waals surface area contributed by atoms with E-state index in [0.29, 0.717) is 17.3 Å². The maximum Gasteiger partial charge on any atom is 0.255 e. The zero-order chi connectivity index (χ0) is 15.5. The van der Waals surface area contributed by atoms with Gasteiger partial charge in [0.25, 0.3) is 5.91 Å². The number of hydrogen-bond donors (Lipinski definition) is 2. The normalized spacial score (nSPS) is 14.8. The number of amides is 1. The molecule has 6 nitrogen and oxygen atoms in total. The van der Waals surface area contributed by atoms with Crippen molar-refractivity contribution in [2.45, 2.75) is 39.2 Å². The smallest absolute Gasteiger partial charge is 0.255 e. The number of carbonyl (C=O) groups excluding carboxylic acids is 1. The van der Waals surface area contributed by atoms with E-state index in [1.165, 1.54) is 0 Å². The minimum absolute atomic E-state index is 0. The molecule has 0 spiro atoms. The third kappa shape index (κ3) is 4.18. The molecular weight excluding hydrogens is 349 g/mol. The molecule has 2 aromatic rings. The fourth-order valence-electron chi connectivity index (χ4n) is 3.11. The van der Waals surface area contributed by atoms with Crippen LogP contribution in [0.4, 0.5) is 0 Å². The van der Waals surface area contributed by atoms with Crippen molar-refractivity contribution in [1.29, 1.82) is 0 Å². The van der Waals surface area contributed by atoms with Crippen LogP contribution in [0.1, 0.15) is 42.2 Å². The van der Waals surface area contributed by atoms with Gasteiger partial charge in [0.05, 0.1) is 5.56 Å². The first-order valence-electron chi connectivity index (χ1n) is 8.03. The summed E-state index contributed by atoms with van der Waals surface area (Å²) in [5.41, 5.74) is 2.27. The molecule has 1 saturated heterocycles. The van der Waals surface area contributed by atoms with Crippen LogP contribution in [0.3, 0.4) is 0 Å². The summed E-state index contributed by atoms with van der Waals surface area (Å²) < 4.78 is 0. The molecule has 0 aliphatic carbocycles. The number of hydrogen-bond acceptors (Lipinski definition) is 4. The Labute approximate surface area is 154 Å². The number of fused-ring (bicyclic) bond motifs is 1. The van der Waals surface area contributed by atoms with Gasteiger partial charge in [-0.15, -0.1) is 24.8 Å². The molecule has 1 aliphatic heterocycles. The van der Waals surface area contributed by atoms with Gasteiger partial charge in [0.2, 0.25) is 0 Å². The Morgan fingerprint density at radius 3 is 2.71 bits per heavy atom. The standard InChI is InChI=1S/C16H23N5O.2ClH/c1-3-8-21(13-4-6-17-7-5-13)16(22)12-9-14-11(2)19-20-15(14)18-10-12;;/h9-10,13,17H,3-8H2,1-2H3,(H,18,19,20);2*1H. The van der Waals surface area contributed by atoms with Crippen LogP contribution in [0.5, 0.6) is 0 Å². The van der Waals surface area contributed by atoms with Crippen LogP contribution in [-0.2, 0) is 0 Å². The lowest BCUT2D eigenvalue weighted by Crippen LogP contribution is -2.46.